The minimum absolute atomic E-state index is 0.0922. The number of likely N-dealkylation sites (tertiary alicyclic amines) is 1. The van der Waals surface area contributed by atoms with Crippen molar-refractivity contribution in [3.8, 4) is 0 Å². The van der Waals surface area contributed by atoms with Crippen LogP contribution in [-0.2, 0) is 23.9 Å². The number of para-hydroxylation sites is 1. The van der Waals surface area contributed by atoms with Crippen LogP contribution in [0.25, 0.3) is 0 Å². The van der Waals surface area contributed by atoms with Gasteiger partial charge in [-0.05, 0) is 37.5 Å². The van der Waals surface area contributed by atoms with Gasteiger partial charge in [-0.15, -0.1) is 0 Å². The summed E-state index contributed by atoms with van der Waals surface area (Å²) in [4.78, 5) is 44.9. The maximum atomic E-state index is 14.5. The molecule has 0 aliphatic carbocycles. The van der Waals surface area contributed by atoms with E-state index < -0.39 is 47.0 Å². The van der Waals surface area contributed by atoms with Gasteiger partial charge >= 0.3 is 5.97 Å². The number of aliphatic hydroxyl groups is 1. The van der Waals surface area contributed by atoms with E-state index in [2.05, 4.69) is 0 Å². The molecule has 192 valence electrons. The van der Waals surface area contributed by atoms with Crippen molar-refractivity contribution < 1.29 is 29.0 Å². The van der Waals surface area contributed by atoms with Gasteiger partial charge in [0.1, 0.15) is 24.2 Å². The Morgan fingerprint density at radius 3 is 2.56 bits per heavy atom. The van der Waals surface area contributed by atoms with Crippen molar-refractivity contribution in [3.05, 3.63) is 53.1 Å². The fraction of sp³-hybridized carbons (Fsp3) is 0.519. The molecule has 1 aromatic rings. The zero-order valence-electron chi connectivity index (χ0n) is 20.8. The molecule has 0 aromatic heterocycles. The van der Waals surface area contributed by atoms with Crippen molar-refractivity contribution in [2.75, 3.05) is 24.7 Å². The summed E-state index contributed by atoms with van der Waals surface area (Å²) in [5, 5.41) is 10.7. The molecule has 1 unspecified atom stereocenters. The summed E-state index contributed by atoms with van der Waals surface area (Å²) in [7, 11) is 0. The number of anilines is 1. The average Bonchev–Trinajstić information content (AvgIpc) is 3.07. The summed E-state index contributed by atoms with van der Waals surface area (Å²) in [6, 6.07) is 3.65. The van der Waals surface area contributed by atoms with E-state index in [0.29, 0.717) is 10.7 Å². The summed E-state index contributed by atoms with van der Waals surface area (Å²) in [5.41, 5.74) is -1.18. The molecule has 6 atom stereocenters. The molecule has 5 rings (SSSR count). The first-order valence-electron chi connectivity index (χ1n) is 12.3. The number of carbonyl (C=O) groups excluding carboxylic acids is 3. The molecule has 0 bridgehead atoms. The number of aryl methyl sites for hydroxylation is 1. The molecular formula is C27H31ClN2O6. The molecule has 1 N–H and O–H groups in total. The third-order valence-corrected chi connectivity index (χ3v) is 8.33. The number of amides is 2. The number of fused-ring (bicyclic) bond motifs is 2. The molecule has 2 saturated heterocycles. The Morgan fingerprint density at radius 2 is 1.89 bits per heavy atom. The van der Waals surface area contributed by atoms with Crippen molar-refractivity contribution in [1.82, 2.24) is 4.90 Å². The summed E-state index contributed by atoms with van der Waals surface area (Å²) in [6.45, 7) is 7.37. The van der Waals surface area contributed by atoms with Crippen molar-refractivity contribution in [1.29, 1.82) is 0 Å². The number of esters is 1. The number of aliphatic hydroxyl groups excluding tert-OH is 1. The minimum Gasteiger partial charge on any atom is -0.461 e. The van der Waals surface area contributed by atoms with Crippen LogP contribution in [0.5, 0.6) is 0 Å². The molecule has 9 heteroatoms. The number of rotatable bonds is 4. The maximum absolute atomic E-state index is 14.5. The molecule has 2 fully saturated rings. The highest BCUT2D eigenvalue weighted by Gasteiger charge is 2.75. The van der Waals surface area contributed by atoms with Gasteiger partial charge in [-0.3, -0.25) is 14.4 Å². The number of halogens is 1. The van der Waals surface area contributed by atoms with Gasteiger partial charge in [0.2, 0.25) is 5.91 Å². The van der Waals surface area contributed by atoms with Crippen LogP contribution in [0, 0.1) is 24.7 Å². The van der Waals surface area contributed by atoms with E-state index in [1.165, 1.54) is 4.90 Å². The Balaban J connectivity index is 1.72. The second-order valence-electron chi connectivity index (χ2n) is 10.5. The first-order chi connectivity index (χ1) is 17.1. The summed E-state index contributed by atoms with van der Waals surface area (Å²) < 4.78 is 12.1. The van der Waals surface area contributed by atoms with Crippen LogP contribution in [0.2, 0.25) is 5.02 Å². The summed E-state index contributed by atoms with van der Waals surface area (Å²) in [6.07, 6.45) is 7.03. The number of cyclic esters (lactones) is 1. The van der Waals surface area contributed by atoms with E-state index in [4.69, 9.17) is 21.1 Å². The van der Waals surface area contributed by atoms with Crippen molar-refractivity contribution in [2.24, 2.45) is 17.8 Å². The molecule has 4 aliphatic rings. The highest BCUT2D eigenvalue weighted by atomic mass is 35.5. The van der Waals surface area contributed by atoms with Crippen LogP contribution >= 0.6 is 11.6 Å². The van der Waals surface area contributed by atoms with Crippen LogP contribution in [0.15, 0.2) is 42.5 Å². The number of hydrogen-bond donors (Lipinski definition) is 1. The molecule has 4 heterocycles. The molecule has 2 amide bonds. The average molecular weight is 515 g/mol. The van der Waals surface area contributed by atoms with Crippen molar-refractivity contribution >= 4 is 35.1 Å². The predicted molar refractivity (Wildman–Crippen MR) is 133 cm³/mol. The molecule has 0 radical (unpaired) electrons. The quantitative estimate of drug-likeness (QED) is 0.490. The monoisotopic (exact) mass is 514 g/mol. The Morgan fingerprint density at radius 1 is 1.14 bits per heavy atom. The van der Waals surface area contributed by atoms with Crippen LogP contribution in [-0.4, -0.2) is 70.8 Å². The maximum Gasteiger partial charge on any atom is 0.313 e. The van der Waals surface area contributed by atoms with Gasteiger partial charge in [-0.25, -0.2) is 0 Å². The lowest BCUT2D eigenvalue weighted by Gasteiger charge is -2.41. The molecular weight excluding hydrogens is 484 g/mol. The van der Waals surface area contributed by atoms with Gasteiger partial charge in [0.05, 0.1) is 34.9 Å². The topological polar surface area (TPSA) is 96.4 Å². The van der Waals surface area contributed by atoms with Crippen LogP contribution < -0.4 is 4.90 Å². The third kappa shape index (κ3) is 3.38. The fourth-order valence-electron chi connectivity index (χ4n) is 6.44. The highest BCUT2D eigenvalue weighted by molar-refractivity contribution is 6.34. The zero-order valence-corrected chi connectivity index (χ0v) is 21.6. The van der Waals surface area contributed by atoms with Gasteiger partial charge in [0, 0.05) is 6.54 Å². The Hall–Kier alpha value is -2.68. The molecule has 1 spiro atoms. The van der Waals surface area contributed by atoms with Gasteiger partial charge in [0.25, 0.3) is 5.91 Å². The lowest BCUT2D eigenvalue weighted by atomic mass is 9.75. The highest BCUT2D eigenvalue weighted by Crippen LogP contribution is 2.58. The number of ether oxygens (including phenoxy) is 2. The number of nitrogens with zero attached hydrogens (tertiary/aromatic N) is 2. The molecule has 36 heavy (non-hydrogen) atoms. The number of hydrogen-bond acceptors (Lipinski definition) is 6. The van der Waals surface area contributed by atoms with Crippen LogP contribution in [0.4, 0.5) is 5.69 Å². The zero-order chi connectivity index (χ0) is 26.0. The summed E-state index contributed by atoms with van der Waals surface area (Å²) >= 11 is 6.56. The lowest BCUT2D eigenvalue weighted by molar-refractivity contribution is -0.158. The Labute approximate surface area is 215 Å². The first kappa shape index (κ1) is 25.0. The number of benzene rings is 1. The van der Waals surface area contributed by atoms with E-state index in [1.807, 2.05) is 32.9 Å². The van der Waals surface area contributed by atoms with Crippen molar-refractivity contribution in [2.45, 2.75) is 51.0 Å². The van der Waals surface area contributed by atoms with Gasteiger partial charge in [-0.2, -0.15) is 0 Å². The van der Waals surface area contributed by atoms with Gasteiger partial charge < -0.3 is 24.4 Å². The standard InChI is InChI=1S/C27H31ClN2O6/c1-15(2)18(14-31)30-22-24(33)29(21-16(3)8-5-9-17(21)28)12-6-11-27(22)19(23(30)32)20-25(34)35-13-7-10-26(20,4)36-27/h5-11,15,18-20,22,31H,12-14H2,1-4H3/t18-,19-,20-,22?,26+,27-/m0/s1. The predicted octanol–water partition coefficient (Wildman–Crippen LogP) is 2.65. The smallest absolute Gasteiger partial charge is 0.313 e. The molecule has 0 saturated carbocycles. The SMILES string of the molecule is Cc1cccc(Cl)c1N1CC=C[C@]23O[C@]4(C)C=CCOC(=O)[C@@H]4[C@H]2C(=O)N([C@@H](CO)C(C)C)C3C1=O. The van der Waals surface area contributed by atoms with E-state index >= 15 is 0 Å². The van der Waals surface area contributed by atoms with Gasteiger partial charge in [-0.1, -0.05) is 55.8 Å². The second-order valence-corrected chi connectivity index (χ2v) is 10.9. The lowest BCUT2D eigenvalue weighted by Crippen LogP contribution is -2.59. The van der Waals surface area contributed by atoms with Crippen LogP contribution in [0.1, 0.15) is 26.3 Å². The van der Waals surface area contributed by atoms with Gasteiger partial charge in [0.15, 0.2) is 0 Å². The minimum atomic E-state index is -1.42. The third-order valence-electron chi connectivity index (χ3n) is 8.02. The molecule has 8 nitrogen and oxygen atoms in total. The first-order valence-corrected chi connectivity index (χ1v) is 12.7. The number of carbonyl (C=O) groups is 3. The fourth-order valence-corrected chi connectivity index (χ4v) is 6.76. The Kier molecular flexibility index (Phi) is 6.05. The van der Waals surface area contributed by atoms with E-state index in [1.54, 1.807) is 42.2 Å². The van der Waals surface area contributed by atoms with E-state index in [9.17, 15) is 19.5 Å². The second kappa shape index (κ2) is 8.71. The normalized spacial score (nSPS) is 34.3. The Bertz CT molecular complexity index is 1160. The summed E-state index contributed by atoms with van der Waals surface area (Å²) in [5.74, 6) is -3.38. The van der Waals surface area contributed by atoms with E-state index in [0.717, 1.165) is 5.56 Å². The van der Waals surface area contributed by atoms with Crippen LogP contribution in [0.3, 0.4) is 0 Å². The van der Waals surface area contributed by atoms with Crippen molar-refractivity contribution in [3.63, 3.8) is 0 Å². The van der Waals surface area contributed by atoms with E-state index in [-0.39, 0.29) is 31.6 Å². The molecule has 1 aromatic carbocycles. The molecule has 4 aliphatic heterocycles. The largest absolute Gasteiger partial charge is 0.461 e.